The van der Waals surface area contributed by atoms with Gasteiger partial charge in [-0.05, 0) is 59.8 Å². The maximum atomic E-state index is 11.9. The van der Waals surface area contributed by atoms with Crippen LogP contribution in [-0.4, -0.2) is 36.2 Å². The van der Waals surface area contributed by atoms with Gasteiger partial charge in [-0.1, -0.05) is 0 Å². The van der Waals surface area contributed by atoms with Crippen LogP contribution in [-0.2, 0) is 28.7 Å². The van der Waals surface area contributed by atoms with Crippen molar-refractivity contribution in [3.05, 3.63) is 0 Å². The molecule has 0 saturated heterocycles. The van der Waals surface area contributed by atoms with Gasteiger partial charge in [-0.15, -0.1) is 0 Å². The number of hydrogen-bond acceptors (Lipinski definition) is 6. The molecule has 0 aromatic carbocycles. The van der Waals surface area contributed by atoms with E-state index in [0.717, 1.165) is 0 Å². The number of carbonyl (C=O) groups is 4. The normalized spacial score (nSPS) is 11.8. The number of ether oxygens (including phenoxy) is 2. The summed E-state index contributed by atoms with van der Waals surface area (Å²) in [6, 6.07) is 0. The average molecular weight is 385 g/mol. The van der Waals surface area contributed by atoms with E-state index in [1.807, 2.05) is 27.7 Å². The van der Waals surface area contributed by atoms with Crippen LogP contribution in [0, 0.1) is 5.41 Å². The molecule has 0 amide bonds. The fourth-order valence-corrected chi connectivity index (χ4v) is 2.99. The lowest BCUT2D eigenvalue weighted by atomic mass is 9.86. The number of carbonyl (C=O) groups excluding carboxylic acids is 4. The maximum absolute atomic E-state index is 11.9. The number of Topliss-reactive ketones (excluding diaryl/α,β-unsaturated/α-hetero) is 2. The van der Waals surface area contributed by atoms with Gasteiger partial charge in [0.1, 0.15) is 17.2 Å². The van der Waals surface area contributed by atoms with Crippen LogP contribution < -0.4 is 0 Å². The van der Waals surface area contributed by atoms with Crippen LogP contribution in [0.1, 0.15) is 92.4 Å². The lowest BCUT2D eigenvalue weighted by molar-refractivity contribution is -0.154. The number of hydrogen-bond donors (Lipinski definition) is 0. The Morgan fingerprint density at radius 3 is 1.63 bits per heavy atom. The fraction of sp³-hybridized carbons (Fsp3) is 0.810. The third kappa shape index (κ3) is 12.3. The molecule has 0 radical (unpaired) electrons. The molecule has 0 heterocycles. The monoisotopic (exact) mass is 384 g/mol. The smallest absolute Gasteiger partial charge is 0.311 e. The molecule has 0 N–H and O–H groups in total. The van der Waals surface area contributed by atoms with E-state index in [2.05, 4.69) is 0 Å². The molecule has 0 fully saturated rings. The van der Waals surface area contributed by atoms with E-state index in [1.54, 1.807) is 0 Å². The third-order valence-electron chi connectivity index (χ3n) is 4.56. The van der Waals surface area contributed by atoms with Gasteiger partial charge in [0, 0.05) is 32.6 Å². The Kier molecular flexibility index (Phi) is 11.1. The fourth-order valence-electron chi connectivity index (χ4n) is 2.99. The molecule has 6 nitrogen and oxygen atoms in total. The van der Waals surface area contributed by atoms with E-state index in [1.165, 1.54) is 14.0 Å². The Balaban J connectivity index is 3.90. The molecular weight excluding hydrogens is 348 g/mol. The molecule has 0 aliphatic rings. The Bertz CT molecular complexity index is 519. The summed E-state index contributed by atoms with van der Waals surface area (Å²) in [5, 5.41) is 0. The van der Waals surface area contributed by atoms with E-state index in [-0.39, 0.29) is 23.5 Å². The van der Waals surface area contributed by atoms with Crippen molar-refractivity contribution in [1.82, 2.24) is 0 Å². The minimum Gasteiger partial charge on any atom is -0.469 e. The van der Waals surface area contributed by atoms with Gasteiger partial charge < -0.3 is 9.47 Å². The zero-order chi connectivity index (χ0) is 21.1. The van der Waals surface area contributed by atoms with Crippen molar-refractivity contribution in [3.8, 4) is 0 Å². The first-order valence-electron chi connectivity index (χ1n) is 9.71. The summed E-state index contributed by atoms with van der Waals surface area (Å²) in [4.78, 5) is 46.4. The lowest BCUT2D eigenvalue weighted by Crippen LogP contribution is -2.26. The highest BCUT2D eigenvalue weighted by Crippen LogP contribution is 2.25. The standard InChI is InChI=1S/C21H36O6/c1-16(22)27-21(4,5)15-9-13-18(24)11-7-10-17(23)12-8-14-20(2,3)19(25)26-6/h7-15H2,1-6H3. The first-order valence-corrected chi connectivity index (χ1v) is 9.71. The minimum atomic E-state index is -0.578. The van der Waals surface area contributed by atoms with E-state index in [9.17, 15) is 19.2 Å². The Morgan fingerprint density at radius 1 is 0.741 bits per heavy atom. The average Bonchev–Trinajstić information content (AvgIpc) is 2.52. The molecule has 0 atom stereocenters. The van der Waals surface area contributed by atoms with Gasteiger partial charge in [0.15, 0.2) is 0 Å². The van der Waals surface area contributed by atoms with Crippen LogP contribution in [0.15, 0.2) is 0 Å². The van der Waals surface area contributed by atoms with E-state index < -0.39 is 11.0 Å². The summed E-state index contributed by atoms with van der Waals surface area (Å²) in [6.07, 6.45) is 4.74. The van der Waals surface area contributed by atoms with Crippen molar-refractivity contribution in [1.29, 1.82) is 0 Å². The van der Waals surface area contributed by atoms with Crippen LogP contribution >= 0.6 is 0 Å². The zero-order valence-electron chi connectivity index (χ0n) is 17.8. The van der Waals surface area contributed by atoms with Crippen molar-refractivity contribution >= 4 is 23.5 Å². The van der Waals surface area contributed by atoms with Gasteiger partial charge in [-0.3, -0.25) is 19.2 Å². The highest BCUT2D eigenvalue weighted by Gasteiger charge is 2.28. The number of rotatable bonds is 14. The number of esters is 2. The third-order valence-corrected chi connectivity index (χ3v) is 4.56. The summed E-state index contributed by atoms with van der Waals surface area (Å²) in [6.45, 7) is 8.66. The first-order chi connectivity index (χ1) is 12.4. The van der Waals surface area contributed by atoms with Gasteiger partial charge in [0.05, 0.1) is 12.5 Å². The summed E-state index contributed by atoms with van der Waals surface area (Å²) in [5.41, 5.74) is -1.13. The van der Waals surface area contributed by atoms with Crippen molar-refractivity contribution in [3.63, 3.8) is 0 Å². The molecule has 6 heteroatoms. The summed E-state index contributed by atoms with van der Waals surface area (Å²) < 4.78 is 9.94. The van der Waals surface area contributed by atoms with Crippen LogP contribution in [0.5, 0.6) is 0 Å². The van der Waals surface area contributed by atoms with E-state index >= 15 is 0 Å². The van der Waals surface area contributed by atoms with Gasteiger partial charge in [-0.2, -0.15) is 0 Å². The van der Waals surface area contributed by atoms with Crippen molar-refractivity contribution in [2.24, 2.45) is 5.41 Å². The first kappa shape index (κ1) is 25.3. The molecule has 0 saturated carbocycles. The molecule has 0 spiro atoms. The largest absolute Gasteiger partial charge is 0.469 e. The topological polar surface area (TPSA) is 86.7 Å². The zero-order valence-corrected chi connectivity index (χ0v) is 17.8. The number of ketones is 2. The molecule has 0 aliphatic heterocycles. The molecule has 0 rings (SSSR count). The molecule has 0 unspecified atom stereocenters. The molecular formula is C21H36O6. The summed E-state index contributed by atoms with van der Waals surface area (Å²) in [7, 11) is 1.36. The van der Waals surface area contributed by atoms with Gasteiger partial charge in [-0.25, -0.2) is 0 Å². The summed E-state index contributed by atoms with van der Waals surface area (Å²) >= 11 is 0. The van der Waals surface area contributed by atoms with Crippen LogP contribution in [0.3, 0.4) is 0 Å². The SMILES string of the molecule is COC(=O)C(C)(C)CCCC(=O)CCCC(=O)CCCC(C)(C)OC(C)=O. The Morgan fingerprint density at radius 2 is 1.19 bits per heavy atom. The molecule has 0 aromatic rings. The predicted molar refractivity (Wildman–Crippen MR) is 103 cm³/mol. The van der Waals surface area contributed by atoms with Gasteiger partial charge in [0.2, 0.25) is 0 Å². The second-order valence-corrected chi connectivity index (χ2v) is 8.37. The Hall–Kier alpha value is -1.72. The van der Waals surface area contributed by atoms with Crippen molar-refractivity contribution in [2.45, 2.75) is 98.0 Å². The van der Waals surface area contributed by atoms with E-state index in [4.69, 9.17) is 9.47 Å². The van der Waals surface area contributed by atoms with Gasteiger partial charge >= 0.3 is 11.9 Å². The molecule has 156 valence electrons. The van der Waals surface area contributed by atoms with Gasteiger partial charge in [0.25, 0.3) is 0 Å². The van der Waals surface area contributed by atoms with Crippen molar-refractivity contribution in [2.75, 3.05) is 7.11 Å². The van der Waals surface area contributed by atoms with Crippen molar-refractivity contribution < 1.29 is 28.7 Å². The lowest BCUT2D eigenvalue weighted by Gasteiger charge is -2.24. The highest BCUT2D eigenvalue weighted by atomic mass is 16.6. The summed E-state index contributed by atoms with van der Waals surface area (Å²) in [5.74, 6) is -0.329. The second-order valence-electron chi connectivity index (χ2n) is 8.37. The molecule has 0 aromatic heterocycles. The van der Waals surface area contributed by atoms with Crippen LogP contribution in [0.4, 0.5) is 0 Å². The Labute approximate surface area is 163 Å². The predicted octanol–water partition coefficient (Wildman–Crippen LogP) is 4.18. The van der Waals surface area contributed by atoms with E-state index in [0.29, 0.717) is 57.8 Å². The quantitative estimate of drug-likeness (QED) is 0.418. The minimum absolute atomic E-state index is 0.124. The molecule has 0 bridgehead atoms. The van der Waals surface area contributed by atoms with Crippen LogP contribution in [0.2, 0.25) is 0 Å². The number of methoxy groups -OCH3 is 1. The van der Waals surface area contributed by atoms with Crippen LogP contribution in [0.25, 0.3) is 0 Å². The maximum Gasteiger partial charge on any atom is 0.311 e. The second kappa shape index (κ2) is 11.9. The highest BCUT2D eigenvalue weighted by molar-refractivity contribution is 5.81. The molecule has 0 aliphatic carbocycles. The molecule has 27 heavy (non-hydrogen) atoms.